The van der Waals surface area contributed by atoms with Crippen molar-refractivity contribution in [3.05, 3.63) is 28.2 Å². The third-order valence-electron chi connectivity index (χ3n) is 3.36. The molecule has 1 aromatic rings. The Morgan fingerprint density at radius 1 is 1.38 bits per heavy atom. The van der Waals surface area contributed by atoms with Crippen molar-refractivity contribution in [3.8, 4) is 0 Å². The van der Waals surface area contributed by atoms with Crippen LogP contribution in [0.25, 0.3) is 0 Å². The maximum atomic E-state index is 12.7. The van der Waals surface area contributed by atoms with Crippen LogP contribution in [0.2, 0.25) is 0 Å². The molecule has 118 valence electrons. The minimum absolute atomic E-state index is 0.00690. The number of carboxylic acid groups (broad SMARTS) is 1. The number of nitrogens with zero attached hydrogens (tertiary/aromatic N) is 1. The Morgan fingerprint density at radius 3 is 2.48 bits per heavy atom. The lowest BCUT2D eigenvalue weighted by atomic mass is 10.1. The van der Waals surface area contributed by atoms with Gasteiger partial charge in [0.05, 0.1) is 10.5 Å². The summed E-state index contributed by atoms with van der Waals surface area (Å²) >= 11 is 3.20. The molecular weight excluding hydrogens is 358 g/mol. The fourth-order valence-corrected chi connectivity index (χ4v) is 4.37. The second-order valence-electron chi connectivity index (χ2n) is 4.92. The molecule has 21 heavy (non-hydrogen) atoms. The molecule has 1 unspecified atom stereocenters. The van der Waals surface area contributed by atoms with Gasteiger partial charge < -0.3 is 5.11 Å². The second-order valence-corrected chi connectivity index (χ2v) is 7.68. The highest BCUT2D eigenvalue weighted by molar-refractivity contribution is 9.10. The number of benzene rings is 1. The second kappa shape index (κ2) is 7.38. The molecule has 1 aromatic carbocycles. The first-order valence-corrected chi connectivity index (χ1v) is 9.00. The molecule has 0 bridgehead atoms. The zero-order valence-corrected chi connectivity index (χ0v) is 14.7. The molecule has 7 heteroatoms. The predicted molar refractivity (Wildman–Crippen MR) is 85.0 cm³/mol. The number of carboxylic acids is 1. The van der Waals surface area contributed by atoms with Crippen LogP contribution in [0.15, 0.2) is 27.6 Å². The van der Waals surface area contributed by atoms with Crippen molar-refractivity contribution in [2.75, 3.05) is 13.1 Å². The summed E-state index contributed by atoms with van der Waals surface area (Å²) in [6.45, 7) is 6.53. The number of hydrogen-bond acceptors (Lipinski definition) is 3. The molecule has 0 radical (unpaired) electrons. The van der Waals surface area contributed by atoms with Crippen LogP contribution in [0.4, 0.5) is 0 Å². The number of halogens is 1. The smallest absolute Gasteiger partial charge is 0.335 e. The van der Waals surface area contributed by atoms with Crippen LogP contribution in [0.3, 0.4) is 0 Å². The fourth-order valence-electron chi connectivity index (χ4n) is 1.85. The van der Waals surface area contributed by atoms with E-state index in [1.54, 1.807) is 6.92 Å². The first-order valence-electron chi connectivity index (χ1n) is 6.77. The molecule has 1 atom stereocenters. The average Bonchev–Trinajstić information content (AvgIpc) is 2.44. The van der Waals surface area contributed by atoms with Crippen molar-refractivity contribution < 1.29 is 18.3 Å². The van der Waals surface area contributed by atoms with E-state index in [4.69, 9.17) is 5.11 Å². The van der Waals surface area contributed by atoms with E-state index in [0.717, 1.165) is 6.42 Å². The molecule has 0 aliphatic carbocycles. The largest absolute Gasteiger partial charge is 0.478 e. The van der Waals surface area contributed by atoms with Crippen LogP contribution in [-0.4, -0.2) is 36.9 Å². The Labute approximate surface area is 134 Å². The van der Waals surface area contributed by atoms with Crippen LogP contribution < -0.4 is 0 Å². The summed E-state index contributed by atoms with van der Waals surface area (Å²) in [6.07, 6.45) is 0.877. The maximum Gasteiger partial charge on any atom is 0.335 e. The third-order valence-corrected chi connectivity index (χ3v) is 6.30. The normalized spacial score (nSPS) is 13.4. The van der Waals surface area contributed by atoms with Gasteiger partial charge >= 0.3 is 5.97 Å². The lowest BCUT2D eigenvalue weighted by Gasteiger charge is -2.24. The highest BCUT2D eigenvalue weighted by Crippen LogP contribution is 2.27. The predicted octanol–water partition coefficient (Wildman–Crippen LogP) is 3.20. The highest BCUT2D eigenvalue weighted by Gasteiger charge is 2.27. The van der Waals surface area contributed by atoms with Crippen LogP contribution in [0.1, 0.15) is 37.6 Å². The van der Waals surface area contributed by atoms with Gasteiger partial charge in [0, 0.05) is 17.6 Å². The van der Waals surface area contributed by atoms with E-state index in [9.17, 15) is 13.2 Å². The maximum absolute atomic E-state index is 12.7. The molecule has 0 heterocycles. The molecular formula is C14H20BrNO4S. The molecule has 1 N–H and O–H groups in total. The Morgan fingerprint density at radius 2 is 2.00 bits per heavy atom. The molecule has 0 spiro atoms. The molecule has 0 fully saturated rings. The SMILES string of the molecule is CCC(C)CN(CC)S(=O)(=O)c1cc(C(=O)O)ccc1Br. The van der Waals surface area contributed by atoms with Crippen LogP contribution in [0, 0.1) is 5.92 Å². The van der Waals surface area contributed by atoms with Crippen molar-refractivity contribution in [1.29, 1.82) is 0 Å². The Bertz CT molecular complexity index is 615. The number of carbonyl (C=O) groups is 1. The summed E-state index contributed by atoms with van der Waals surface area (Å²) in [5.41, 5.74) is -0.0450. The minimum atomic E-state index is -3.72. The number of aromatic carboxylic acids is 1. The van der Waals surface area contributed by atoms with E-state index in [1.807, 2.05) is 13.8 Å². The van der Waals surface area contributed by atoms with Gasteiger partial charge in [-0.3, -0.25) is 0 Å². The fraction of sp³-hybridized carbons (Fsp3) is 0.500. The van der Waals surface area contributed by atoms with E-state index >= 15 is 0 Å². The van der Waals surface area contributed by atoms with E-state index < -0.39 is 16.0 Å². The minimum Gasteiger partial charge on any atom is -0.478 e. The monoisotopic (exact) mass is 377 g/mol. The molecule has 0 amide bonds. The van der Waals surface area contributed by atoms with Gasteiger partial charge in [-0.2, -0.15) is 4.31 Å². The van der Waals surface area contributed by atoms with Gasteiger partial charge in [-0.15, -0.1) is 0 Å². The van der Waals surface area contributed by atoms with Crippen LogP contribution in [0.5, 0.6) is 0 Å². The molecule has 0 saturated carbocycles. The summed E-state index contributed by atoms with van der Waals surface area (Å²) in [7, 11) is -3.72. The Kier molecular flexibility index (Phi) is 6.37. The van der Waals surface area contributed by atoms with Crippen molar-refractivity contribution in [2.24, 2.45) is 5.92 Å². The third kappa shape index (κ3) is 4.28. The Balaban J connectivity index is 3.28. The first-order chi connectivity index (χ1) is 9.73. The first kappa shape index (κ1) is 18.1. The van der Waals surface area contributed by atoms with Crippen LogP contribution >= 0.6 is 15.9 Å². The number of sulfonamides is 1. The number of rotatable bonds is 7. The molecule has 0 aliphatic heterocycles. The van der Waals surface area contributed by atoms with E-state index in [2.05, 4.69) is 15.9 Å². The highest BCUT2D eigenvalue weighted by atomic mass is 79.9. The summed E-state index contributed by atoms with van der Waals surface area (Å²) in [6, 6.07) is 4.02. The molecule has 0 aliphatic rings. The van der Waals surface area contributed by atoms with Gasteiger partial charge in [0.1, 0.15) is 0 Å². The average molecular weight is 378 g/mol. The Hall–Kier alpha value is -0.920. The van der Waals surface area contributed by atoms with E-state index in [-0.39, 0.29) is 16.4 Å². The van der Waals surface area contributed by atoms with Crippen LogP contribution in [-0.2, 0) is 10.0 Å². The molecule has 0 aromatic heterocycles. The lowest BCUT2D eigenvalue weighted by molar-refractivity contribution is 0.0696. The summed E-state index contributed by atoms with van der Waals surface area (Å²) in [4.78, 5) is 11.0. The van der Waals surface area contributed by atoms with Gasteiger partial charge in [0.15, 0.2) is 0 Å². The van der Waals surface area contributed by atoms with Gasteiger partial charge in [0.2, 0.25) is 10.0 Å². The van der Waals surface area contributed by atoms with Crippen molar-refractivity contribution in [1.82, 2.24) is 4.31 Å². The summed E-state index contributed by atoms with van der Waals surface area (Å²) < 4.78 is 27.2. The summed E-state index contributed by atoms with van der Waals surface area (Å²) in [5.74, 6) is -0.912. The van der Waals surface area contributed by atoms with Crippen molar-refractivity contribution in [2.45, 2.75) is 32.1 Å². The number of hydrogen-bond donors (Lipinski definition) is 1. The van der Waals surface area contributed by atoms with Crippen molar-refractivity contribution in [3.63, 3.8) is 0 Å². The lowest BCUT2D eigenvalue weighted by Crippen LogP contribution is -2.34. The molecule has 0 saturated heterocycles. The van der Waals surface area contributed by atoms with Gasteiger partial charge in [-0.05, 0) is 40.0 Å². The summed E-state index contributed by atoms with van der Waals surface area (Å²) in [5, 5.41) is 9.02. The van der Waals surface area contributed by atoms with Gasteiger partial charge in [-0.1, -0.05) is 27.2 Å². The van der Waals surface area contributed by atoms with E-state index in [1.165, 1.54) is 22.5 Å². The zero-order valence-electron chi connectivity index (χ0n) is 12.3. The topological polar surface area (TPSA) is 74.7 Å². The van der Waals surface area contributed by atoms with E-state index in [0.29, 0.717) is 17.6 Å². The quantitative estimate of drug-likeness (QED) is 0.791. The van der Waals surface area contributed by atoms with Gasteiger partial charge in [0.25, 0.3) is 0 Å². The van der Waals surface area contributed by atoms with Gasteiger partial charge in [-0.25, -0.2) is 13.2 Å². The molecule has 5 nitrogen and oxygen atoms in total. The standard InChI is InChI=1S/C14H20BrNO4S/c1-4-10(3)9-16(5-2)21(19,20)13-8-11(14(17)18)6-7-12(13)15/h6-8,10H,4-5,9H2,1-3H3,(H,17,18). The molecule has 1 rings (SSSR count). The zero-order chi connectivity index (χ0) is 16.2. The van der Waals surface area contributed by atoms with Crippen molar-refractivity contribution >= 4 is 31.9 Å².